The summed E-state index contributed by atoms with van der Waals surface area (Å²) in [4.78, 5) is 2.31. The molecule has 3 nitrogen and oxygen atoms in total. The Morgan fingerprint density at radius 1 is 0.254 bits per heavy atom. The third-order valence-corrected chi connectivity index (χ3v) is 11.7. The van der Waals surface area contributed by atoms with Gasteiger partial charge in [0.2, 0.25) is 0 Å². The maximum atomic E-state index is 6.53. The van der Waals surface area contributed by atoms with Gasteiger partial charge in [-0.2, -0.15) is 0 Å². The predicted octanol–water partition coefficient (Wildman–Crippen LogP) is 17.2. The molecule has 0 aliphatic carbocycles. The number of rotatable bonds is 10. The van der Waals surface area contributed by atoms with Crippen LogP contribution in [0, 0.1) is 0 Å². The molecule has 0 aliphatic rings. The third-order valence-electron chi connectivity index (χ3n) is 11.7. The summed E-state index contributed by atoms with van der Waals surface area (Å²) in [5, 5.41) is 6.77. The minimum atomic E-state index is 0.765. The molecule has 0 amide bonds. The number of benzene rings is 11. The van der Waals surface area contributed by atoms with Crippen molar-refractivity contribution in [1.29, 1.82) is 0 Å². The normalized spacial score (nSPS) is 11.2. The maximum Gasteiger partial charge on any atom is 0.128 e. The minimum Gasteiger partial charge on any atom is -0.457 e. The Bertz CT molecular complexity index is 3300. The summed E-state index contributed by atoms with van der Waals surface area (Å²) in [6, 6.07) is 87.2. The van der Waals surface area contributed by atoms with Crippen molar-refractivity contribution in [2.45, 2.75) is 0 Å². The standard InChI is InChI=1S/C60H41NO2/c1-7-19-42(20-8-1)54-41-55(43-31-33-47(34-32-43)61(45-23-11-3-12-24-45)46-25-13-4-14-26-46)59-52-37-35-50(62-48-27-15-5-16-28-48)39-56(52)57-40-51(63-49-29-17-6-18-30-49)36-38-53(57)60(59)58(54)44-21-9-2-10-22-44/h1-41H. The van der Waals surface area contributed by atoms with Gasteiger partial charge in [-0.1, -0.05) is 158 Å². The van der Waals surface area contributed by atoms with E-state index in [9.17, 15) is 0 Å². The second-order valence-corrected chi connectivity index (χ2v) is 15.6. The fourth-order valence-electron chi connectivity index (χ4n) is 8.91. The van der Waals surface area contributed by atoms with E-state index < -0.39 is 0 Å². The highest BCUT2D eigenvalue weighted by atomic mass is 16.5. The van der Waals surface area contributed by atoms with E-state index in [0.717, 1.165) is 89.4 Å². The van der Waals surface area contributed by atoms with Gasteiger partial charge in [0.25, 0.3) is 0 Å². The van der Waals surface area contributed by atoms with Crippen molar-refractivity contribution in [1.82, 2.24) is 0 Å². The van der Waals surface area contributed by atoms with Gasteiger partial charge in [-0.05, 0) is 157 Å². The van der Waals surface area contributed by atoms with Crippen LogP contribution in [0.1, 0.15) is 0 Å². The minimum absolute atomic E-state index is 0.765. The van der Waals surface area contributed by atoms with Crippen molar-refractivity contribution < 1.29 is 9.47 Å². The largest absolute Gasteiger partial charge is 0.457 e. The summed E-state index contributed by atoms with van der Waals surface area (Å²) in [5.41, 5.74) is 10.2. The second kappa shape index (κ2) is 16.6. The van der Waals surface area contributed by atoms with Gasteiger partial charge in [0.05, 0.1) is 0 Å². The maximum absolute atomic E-state index is 6.53. The summed E-state index contributed by atoms with van der Waals surface area (Å²) in [7, 11) is 0. The number of fused-ring (bicyclic) bond motifs is 6. The first-order valence-electron chi connectivity index (χ1n) is 21.3. The van der Waals surface area contributed by atoms with E-state index >= 15 is 0 Å². The van der Waals surface area contributed by atoms with Crippen molar-refractivity contribution in [2.75, 3.05) is 4.90 Å². The molecule has 298 valence electrons. The van der Waals surface area contributed by atoms with Crippen molar-refractivity contribution in [3.05, 3.63) is 249 Å². The molecule has 0 saturated heterocycles. The van der Waals surface area contributed by atoms with Crippen LogP contribution in [0.3, 0.4) is 0 Å². The summed E-state index contributed by atoms with van der Waals surface area (Å²) >= 11 is 0. The van der Waals surface area contributed by atoms with Crippen molar-refractivity contribution in [3.63, 3.8) is 0 Å². The molecule has 0 atom stereocenters. The van der Waals surface area contributed by atoms with E-state index in [-0.39, 0.29) is 0 Å². The molecule has 0 aliphatic heterocycles. The molecule has 0 N–H and O–H groups in total. The highest BCUT2D eigenvalue weighted by molar-refractivity contribution is 6.33. The quantitative estimate of drug-likeness (QED) is 0.129. The van der Waals surface area contributed by atoms with Crippen molar-refractivity contribution >= 4 is 49.4 Å². The van der Waals surface area contributed by atoms with Crippen LogP contribution in [-0.2, 0) is 0 Å². The van der Waals surface area contributed by atoms with Crippen molar-refractivity contribution in [3.8, 4) is 56.4 Å². The smallest absolute Gasteiger partial charge is 0.128 e. The van der Waals surface area contributed by atoms with E-state index in [1.54, 1.807) is 0 Å². The van der Waals surface area contributed by atoms with Crippen LogP contribution in [0.25, 0.3) is 65.7 Å². The van der Waals surface area contributed by atoms with Gasteiger partial charge in [-0.25, -0.2) is 0 Å². The first-order valence-corrected chi connectivity index (χ1v) is 21.3. The average Bonchev–Trinajstić information content (AvgIpc) is 3.35. The van der Waals surface area contributed by atoms with Crippen LogP contribution < -0.4 is 14.4 Å². The van der Waals surface area contributed by atoms with Crippen LogP contribution in [0.2, 0.25) is 0 Å². The lowest BCUT2D eigenvalue weighted by molar-refractivity contribution is 0.483. The molecule has 63 heavy (non-hydrogen) atoms. The zero-order chi connectivity index (χ0) is 42.0. The molecule has 3 heteroatoms. The highest BCUT2D eigenvalue weighted by Crippen LogP contribution is 2.50. The number of anilines is 3. The van der Waals surface area contributed by atoms with Gasteiger partial charge < -0.3 is 14.4 Å². The summed E-state index contributed by atoms with van der Waals surface area (Å²) in [6.45, 7) is 0. The molecule has 0 radical (unpaired) electrons. The number of hydrogen-bond donors (Lipinski definition) is 0. The van der Waals surface area contributed by atoms with E-state index in [1.165, 1.54) is 16.3 Å². The van der Waals surface area contributed by atoms with Crippen LogP contribution in [0.15, 0.2) is 249 Å². The fraction of sp³-hybridized carbons (Fsp3) is 0. The molecule has 11 aromatic carbocycles. The van der Waals surface area contributed by atoms with E-state index in [4.69, 9.17) is 9.47 Å². The SMILES string of the molecule is c1ccc(Oc2ccc3c(c2)c2cc(Oc4ccccc4)ccc2c2c(-c4ccccc4)c(-c4ccccc4)cc(-c4ccc(N(c5ccccc5)c5ccccc5)cc4)c32)cc1. The average molecular weight is 808 g/mol. The van der Waals surface area contributed by atoms with Crippen LogP contribution in [-0.4, -0.2) is 0 Å². The molecule has 0 fully saturated rings. The molecular formula is C60H41NO2. The van der Waals surface area contributed by atoms with E-state index in [0.29, 0.717) is 0 Å². The summed E-state index contributed by atoms with van der Waals surface area (Å²) < 4.78 is 13.1. The van der Waals surface area contributed by atoms with Gasteiger partial charge in [0.15, 0.2) is 0 Å². The molecular weight excluding hydrogens is 767 g/mol. The first-order chi connectivity index (χ1) is 31.2. The monoisotopic (exact) mass is 807 g/mol. The van der Waals surface area contributed by atoms with Gasteiger partial charge in [0.1, 0.15) is 23.0 Å². The van der Waals surface area contributed by atoms with Crippen LogP contribution in [0.5, 0.6) is 23.0 Å². The Morgan fingerprint density at radius 2 is 0.651 bits per heavy atom. The lowest BCUT2D eigenvalue weighted by Crippen LogP contribution is -2.09. The molecule has 0 spiro atoms. The second-order valence-electron chi connectivity index (χ2n) is 15.6. The molecule has 0 heterocycles. The Hall–Kier alpha value is -8.40. The lowest BCUT2D eigenvalue weighted by Gasteiger charge is -2.26. The van der Waals surface area contributed by atoms with Gasteiger partial charge >= 0.3 is 0 Å². The molecule has 0 unspecified atom stereocenters. The summed E-state index contributed by atoms with van der Waals surface area (Å²) in [5.74, 6) is 3.10. The fourth-order valence-corrected chi connectivity index (χ4v) is 8.91. The highest BCUT2D eigenvalue weighted by Gasteiger charge is 2.23. The molecule has 0 aromatic heterocycles. The van der Waals surface area contributed by atoms with Crippen LogP contribution >= 0.6 is 0 Å². The van der Waals surface area contributed by atoms with E-state index in [2.05, 4.69) is 193 Å². The van der Waals surface area contributed by atoms with Crippen molar-refractivity contribution in [2.24, 2.45) is 0 Å². The zero-order valence-electron chi connectivity index (χ0n) is 34.4. The Kier molecular flexibility index (Phi) is 9.89. The lowest BCUT2D eigenvalue weighted by atomic mass is 9.81. The molecule has 11 rings (SSSR count). The van der Waals surface area contributed by atoms with E-state index in [1.807, 2.05) is 60.7 Å². The number of ether oxygens (including phenoxy) is 2. The third kappa shape index (κ3) is 7.32. The summed E-state index contributed by atoms with van der Waals surface area (Å²) in [6.07, 6.45) is 0. The Morgan fingerprint density at radius 3 is 1.14 bits per heavy atom. The van der Waals surface area contributed by atoms with Gasteiger partial charge in [-0.3, -0.25) is 0 Å². The number of nitrogens with zero attached hydrogens (tertiary/aromatic N) is 1. The first kappa shape index (κ1) is 37.6. The molecule has 0 saturated carbocycles. The molecule has 0 bridgehead atoms. The Labute approximate surface area is 367 Å². The predicted molar refractivity (Wildman–Crippen MR) is 263 cm³/mol. The van der Waals surface area contributed by atoms with Gasteiger partial charge in [-0.15, -0.1) is 0 Å². The number of para-hydroxylation sites is 4. The van der Waals surface area contributed by atoms with Crippen LogP contribution in [0.4, 0.5) is 17.1 Å². The molecule has 11 aromatic rings. The number of hydrogen-bond acceptors (Lipinski definition) is 3. The zero-order valence-corrected chi connectivity index (χ0v) is 34.4. The topological polar surface area (TPSA) is 21.7 Å². The van der Waals surface area contributed by atoms with Gasteiger partial charge in [0, 0.05) is 17.1 Å². The Balaban J connectivity index is 1.22.